The number of carbonyl (C=O) groups is 1. The number of ketones is 1. The molecule has 2 unspecified atom stereocenters. The molecule has 66 valence electrons. The van der Waals surface area contributed by atoms with Crippen LogP contribution in [0.4, 0.5) is 0 Å². The Labute approximate surface area is 72.3 Å². The highest BCUT2D eigenvalue weighted by Crippen LogP contribution is 2.35. The van der Waals surface area contributed by atoms with Gasteiger partial charge in [0, 0.05) is 12.3 Å². The maximum Gasteiger partial charge on any atom is 0.168 e. The van der Waals surface area contributed by atoms with Gasteiger partial charge in [0.2, 0.25) is 0 Å². The predicted molar refractivity (Wildman–Crippen MR) is 45.7 cm³/mol. The molecular formula is C10H14O2. The van der Waals surface area contributed by atoms with Crippen LogP contribution in [-0.4, -0.2) is 16.5 Å². The summed E-state index contributed by atoms with van der Waals surface area (Å²) in [4.78, 5) is 11.7. The van der Waals surface area contributed by atoms with E-state index in [4.69, 9.17) is 0 Å². The summed E-state index contributed by atoms with van der Waals surface area (Å²) in [5.41, 5.74) is -1.00. The number of Topliss-reactive ketones (excluding diaryl/α,β-unsaturated/α-hetero) is 1. The molecule has 2 heteroatoms. The third-order valence-electron chi connectivity index (χ3n) is 3.02. The van der Waals surface area contributed by atoms with Crippen LogP contribution in [0.2, 0.25) is 0 Å². The lowest BCUT2D eigenvalue weighted by Gasteiger charge is -2.32. The molecule has 0 aromatic heterocycles. The number of allylic oxidation sites excluding steroid dienone is 1. The summed E-state index contributed by atoms with van der Waals surface area (Å²) in [6.07, 6.45) is 7.96. The molecule has 0 saturated heterocycles. The average molecular weight is 166 g/mol. The molecule has 12 heavy (non-hydrogen) atoms. The third kappa shape index (κ3) is 1.11. The molecule has 0 spiro atoms. The fourth-order valence-electron chi connectivity index (χ4n) is 2.24. The van der Waals surface area contributed by atoms with Gasteiger partial charge in [-0.1, -0.05) is 12.2 Å². The second kappa shape index (κ2) is 2.70. The fourth-order valence-corrected chi connectivity index (χ4v) is 2.24. The molecule has 2 aliphatic carbocycles. The van der Waals surface area contributed by atoms with Crippen LogP contribution in [0.15, 0.2) is 12.2 Å². The monoisotopic (exact) mass is 166 g/mol. The number of fused-ring (bicyclic) bond motifs is 2. The quantitative estimate of drug-likeness (QED) is 0.553. The molecule has 0 aliphatic heterocycles. The molecule has 1 fully saturated rings. The minimum Gasteiger partial charge on any atom is -0.382 e. The van der Waals surface area contributed by atoms with Gasteiger partial charge in [-0.25, -0.2) is 0 Å². The minimum atomic E-state index is -1.00. The Hall–Kier alpha value is -0.630. The topological polar surface area (TPSA) is 37.3 Å². The first kappa shape index (κ1) is 7.99. The Morgan fingerprint density at radius 1 is 1.50 bits per heavy atom. The van der Waals surface area contributed by atoms with Crippen molar-refractivity contribution >= 4 is 5.78 Å². The van der Waals surface area contributed by atoms with E-state index in [1.165, 1.54) is 0 Å². The summed E-state index contributed by atoms with van der Waals surface area (Å²) >= 11 is 0. The Bertz CT molecular complexity index is 232. The maximum absolute atomic E-state index is 11.7. The summed E-state index contributed by atoms with van der Waals surface area (Å²) < 4.78 is 0. The van der Waals surface area contributed by atoms with Gasteiger partial charge in [-0.2, -0.15) is 0 Å². The number of rotatable bonds is 0. The van der Waals surface area contributed by atoms with Crippen molar-refractivity contribution < 1.29 is 9.90 Å². The average Bonchev–Trinajstić information content (AvgIpc) is 2.18. The highest BCUT2D eigenvalue weighted by Gasteiger charge is 2.42. The first-order chi connectivity index (χ1) is 5.72. The van der Waals surface area contributed by atoms with Gasteiger partial charge < -0.3 is 5.11 Å². The van der Waals surface area contributed by atoms with Crippen molar-refractivity contribution in [3.8, 4) is 0 Å². The molecule has 1 saturated carbocycles. The molecular weight excluding hydrogens is 152 g/mol. The number of aliphatic hydroxyl groups is 1. The molecule has 0 radical (unpaired) electrons. The summed E-state index contributed by atoms with van der Waals surface area (Å²) in [7, 11) is 0. The second-order valence-electron chi connectivity index (χ2n) is 3.90. The molecule has 0 aromatic rings. The van der Waals surface area contributed by atoms with Crippen LogP contribution in [0, 0.1) is 5.92 Å². The zero-order valence-corrected chi connectivity index (χ0v) is 7.12. The predicted octanol–water partition coefficient (Wildman–Crippen LogP) is 1.44. The second-order valence-corrected chi connectivity index (χ2v) is 3.90. The molecule has 2 aliphatic rings. The van der Waals surface area contributed by atoms with Crippen molar-refractivity contribution in [1.29, 1.82) is 0 Å². The van der Waals surface area contributed by atoms with Gasteiger partial charge in [0.15, 0.2) is 5.78 Å². The summed E-state index contributed by atoms with van der Waals surface area (Å²) in [5.74, 6) is 0.182. The first-order valence-electron chi connectivity index (χ1n) is 4.64. The van der Waals surface area contributed by atoms with Crippen molar-refractivity contribution in [1.82, 2.24) is 0 Å². The number of carbonyl (C=O) groups excluding carboxylic acids is 1. The van der Waals surface area contributed by atoms with E-state index in [-0.39, 0.29) is 11.7 Å². The van der Waals surface area contributed by atoms with Crippen molar-refractivity contribution in [2.75, 3.05) is 0 Å². The SMILES string of the molecule is O=C1C2CC=CCC1(O)CCC2. The lowest BCUT2D eigenvalue weighted by atomic mass is 9.76. The summed E-state index contributed by atoms with van der Waals surface area (Å²) in [6.45, 7) is 0. The Morgan fingerprint density at radius 3 is 3.17 bits per heavy atom. The third-order valence-corrected chi connectivity index (χ3v) is 3.02. The van der Waals surface area contributed by atoms with Gasteiger partial charge in [0.25, 0.3) is 0 Å². The smallest absolute Gasteiger partial charge is 0.168 e. The van der Waals surface area contributed by atoms with Crippen molar-refractivity contribution in [2.24, 2.45) is 5.92 Å². The highest BCUT2D eigenvalue weighted by molar-refractivity contribution is 5.90. The minimum absolute atomic E-state index is 0.0822. The van der Waals surface area contributed by atoms with Crippen LogP contribution in [-0.2, 0) is 4.79 Å². The van der Waals surface area contributed by atoms with E-state index in [0.717, 1.165) is 19.3 Å². The fraction of sp³-hybridized carbons (Fsp3) is 0.700. The van der Waals surface area contributed by atoms with Crippen LogP contribution in [0.1, 0.15) is 32.1 Å². The van der Waals surface area contributed by atoms with E-state index in [1.807, 2.05) is 12.2 Å². The van der Waals surface area contributed by atoms with Gasteiger partial charge in [0.1, 0.15) is 5.60 Å². The van der Waals surface area contributed by atoms with Crippen LogP contribution < -0.4 is 0 Å². The van der Waals surface area contributed by atoms with E-state index in [9.17, 15) is 9.90 Å². The van der Waals surface area contributed by atoms with E-state index < -0.39 is 5.60 Å². The van der Waals surface area contributed by atoms with Crippen LogP contribution in [0.25, 0.3) is 0 Å². The van der Waals surface area contributed by atoms with E-state index in [0.29, 0.717) is 12.8 Å². The van der Waals surface area contributed by atoms with Crippen molar-refractivity contribution in [2.45, 2.75) is 37.7 Å². The Morgan fingerprint density at radius 2 is 2.33 bits per heavy atom. The highest BCUT2D eigenvalue weighted by atomic mass is 16.3. The number of hydrogen-bond donors (Lipinski definition) is 1. The summed E-state index contributed by atoms with van der Waals surface area (Å²) in [6, 6.07) is 0. The number of hydrogen-bond acceptors (Lipinski definition) is 2. The molecule has 0 aromatic carbocycles. The molecule has 0 heterocycles. The van der Waals surface area contributed by atoms with Gasteiger partial charge in [-0.15, -0.1) is 0 Å². The molecule has 2 rings (SSSR count). The molecule has 1 N–H and O–H groups in total. The lowest BCUT2D eigenvalue weighted by Crippen LogP contribution is -2.44. The molecule has 0 amide bonds. The van der Waals surface area contributed by atoms with Crippen LogP contribution in [0.5, 0.6) is 0 Å². The van der Waals surface area contributed by atoms with E-state index in [2.05, 4.69) is 0 Å². The maximum atomic E-state index is 11.7. The van der Waals surface area contributed by atoms with Crippen molar-refractivity contribution in [3.05, 3.63) is 12.2 Å². The van der Waals surface area contributed by atoms with Gasteiger partial charge in [0.05, 0.1) is 0 Å². The summed E-state index contributed by atoms with van der Waals surface area (Å²) in [5, 5.41) is 9.95. The molecule has 2 bridgehead atoms. The Balaban J connectivity index is 2.30. The lowest BCUT2D eigenvalue weighted by molar-refractivity contribution is -0.145. The normalized spacial score (nSPS) is 41.1. The van der Waals surface area contributed by atoms with Crippen LogP contribution in [0.3, 0.4) is 0 Å². The van der Waals surface area contributed by atoms with Gasteiger partial charge in [-0.05, 0) is 25.7 Å². The van der Waals surface area contributed by atoms with Gasteiger partial charge >= 0.3 is 0 Å². The van der Waals surface area contributed by atoms with Crippen molar-refractivity contribution in [3.63, 3.8) is 0 Å². The standard InChI is InChI=1S/C10H14O2/c11-9-8-4-1-2-6-10(9,12)7-3-5-8/h1-2,8,12H,3-7H2. The van der Waals surface area contributed by atoms with Gasteiger partial charge in [-0.3, -0.25) is 4.79 Å². The Kier molecular flexibility index (Phi) is 1.80. The van der Waals surface area contributed by atoms with E-state index >= 15 is 0 Å². The molecule has 2 atom stereocenters. The van der Waals surface area contributed by atoms with Crippen LogP contribution >= 0.6 is 0 Å². The largest absolute Gasteiger partial charge is 0.382 e. The molecule has 2 nitrogen and oxygen atoms in total. The first-order valence-corrected chi connectivity index (χ1v) is 4.64. The zero-order chi connectivity index (χ0) is 8.60. The zero-order valence-electron chi connectivity index (χ0n) is 7.12. The van der Waals surface area contributed by atoms with E-state index in [1.54, 1.807) is 0 Å².